The second kappa shape index (κ2) is 9.20. The normalized spacial score (nSPS) is 9.93. The molecule has 0 radical (unpaired) electrons. The monoisotopic (exact) mass is 385 g/mol. The molecule has 0 saturated heterocycles. The van der Waals surface area contributed by atoms with E-state index in [2.05, 4.69) is 10.6 Å². The molecule has 2 amide bonds. The molecule has 0 bridgehead atoms. The topological polar surface area (TPSA) is 91.2 Å². The van der Waals surface area contributed by atoms with Crippen molar-refractivity contribution in [2.24, 2.45) is 0 Å². The maximum Gasteiger partial charge on any atom is 0.255 e. The van der Waals surface area contributed by atoms with E-state index in [1.54, 1.807) is 55.6 Å². The maximum atomic E-state index is 12.3. The highest BCUT2D eigenvalue weighted by Crippen LogP contribution is 2.13. The van der Waals surface area contributed by atoms with Crippen molar-refractivity contribution in [3.05, 3.63) is 95.1 Å². The molecule has 3 aromatic rings. The fourth-order valence-corrected chi connectivity index (χ4v) is 2.63. The molecule has 0 saturated carbocycles. The Bertz CT molecular complexity index is 1030. The Balaban J connectivity index is 1.57. The number of methoxy groups -OCH3 is 1. The first-order chi connectivity index (χ1) is 14.1. The van der Waals surface area contributed by atoms with Crippen molar-refractivity contribution < 1.29 is 14.3 Å². The molecular weight excluding hydrogens is 366 g/mol. The number of anilines is 1. The summed E-state index contributed by atoms with van der Waals surface area (Å²) in [6, 6.07) is 22.5. The van der Waals surface area contributed by atoms with E-state index in [-0.39, 0.29) is 11.8 Å². The molecule has 6 nitrogen and oxygen atoms in total. The number of carbonyl (C=O) groups is 2. The van der Waals surface area contributed by atoms with Gasteiger partial charge in [-0.1, -0.05) is 12.1 Å². The zero-order valence-corrected chi connectivity index (χ0v) is 15.8. The van der Waals surface area contributed by atoms with Crippen molar-refractivity contribution in [1.82, 2.24) is 5.32 Å². The number of rotatable bonds is 6. The van der Waals surface area contributed by atoms with Crippen LogP contribution in [-0.4, -0.2) is 18.9 Å². The number of nitrogens with zero attached hydrogens (tertiary/aromatic N) is 1. The third-order valence-electron chi connectivity index (χ3n) is 4.29. The molecule has 0 aliphatic rings. The Kier molecular flexibility index (Phi) is 6.23. The van der Waals surface area contributed by atoms with E-state index in [0.717, 1.165) is 11.3 Å². The lowest BCUT2D eigenvalue weighted by molar-refractivity contribution is 0.0949. The first-order valence-corrected chi connectivity index (χ1v) is 8.92. The van der Waals surface area contributed by atoms with Crippen molar-refractivity contribution in [2.45, 2.75) is 6.54 Å². The van der Waals surface area contributed by atoms with Gasteiger partial charge >= 0.3 is 0 Å². The van der Waals surface area contributed by atoms with Crippen LogP contribution in [0.15, 0.2) is 72.8 Å². The SMILES string of the molecule is COc1ccc(CNC(=O)c2ccc(C(=O)Nc3ccc(C#N)cc3)cc2)cc1. The Hall–Kier alpha value is -4.11. The summed E-state index contributed by atoms with van der Waals surface area (Å²) in [6.45, 7) is 0.393. The second-order valence-electron chi connectivity index (χ2n) is 6.25. The minimum absolute atomic E-state index is 0.222. The summed E-state index contributed by atoms with van der Waals surface area (Å²) in [5.41, 5.74) is 2.97. The maximum absolute atomic E-state index is 12.3. The lowest BCUT2D eigenvalue weighted by atomic mass is 10.1. The third-order valence-corrected chi connectivity index (χ3v) is 4.29. The van der Waals surface area contributed by atoms with Crippen LogP contribution in [0.25, 0.3) is 0 Å². The molecule has 0 aliphatic heterocycles. The minimum Gasteiger partial charge on any atom is -0.497 e. The molecule has 3 rings (SSSR count). The van der Waals surface area contributed by atoms with Crippen LogP contribution < -0.4 is 15.4 Å². The fourth-order valence-electron chi connectivity index (χ4n) is 2.63. The first-order valence-electron chi connectivity index (χ1n) is 8.92. The molecule has 0 heterocycles. The predicted octanol–water partition coefficient (Wildman–Crippen LogP) is 3.75. The van der Waals surface area contributed by atoms with Gasteiger partial charge in [0.2, 0.25) is 0 Å². The van der Waals surface area contributed by atoms with Crippen molar-refractivity contribution in [3.63, 3.8) is 0 Å². The van der Waals surface area contributed by atoms with Gasteiger partial charge in [0, 0.05) is 23.4 Å². The molecule has 0 fully saturated rings. The lowest BCUT2D eigenvalue weighted by Crippen LogP contribution is -2.23. The number of hydrogen-bond acceptors (Lipinski definition) is 4. The van der Waals surface area contributed by atoms with Crippen LogP contribution in [0.4, 0.5) is 5.69 Å². The van der Waals surface area contributed by atoms with E-state index < -0.39 is 0 Å². The van der Waals surface area contributed by atoms with Crippen molar-refractivity contribution in [1.29, 1.82) is 5.26 Å². The van der Waals surface area contributed by atoms with E-state index in [0.29, 0.717) is 28.9 Å². The van der Waals surface area contributed by atoms with Gasteiger partial charge in [0.1, 0.15) is 5.75 Å². The highest BCUT2D eigenvalue weighted by atomic mass is 16.5. The quantitative estimate of drug-likeness (QED) is 0.676. The van der Waals surface area contributed by atoms with Crippen LogP contribution in [0.5, 0.6) is 5.75 Å². The van der Waals surface area contributed by atoms with Crippen LogP contribution >= 0.6 is 0 Å². The molecule has 29 heavy (non-hydrogen) atoms. The molecule has 0 spiro atoms. The molecule has 0 aromatic heterocycles. The summed E-state index contributed by atoms with van der Waals surface area (Å²) in [6.07, 6.45) is 0. The number of carbonyl (C=O) groups excluding carboxylic acids is 2. The second-order valence-corrected chi connectivity index (χ2v) is 6.25. The molecule has 6 heteroatoms. The molecule has 2 N–H and O–H groups in total. The van der Waals surface area contributed by atoms with Gasteiger partial charge < -0.3 is 15.4 Å². The van der Waals surface area contributed by atoms with Gasteiger partial charge in [0.25, 0.3) is 11.8 Å². The smallest absolute Gasteiger partial charge is 0.255 e. The van der Waals surface area contributed by atoms with Crippen LogP contribution in [0.3, 0.4) is 0 Å². The van der Waals surface area contributed by atoms with Crippen LogP contribution in [-0.2, 0) is 6.54 Å². The number of hydrogen-bond donors (Lipinski definition) is 2. The molecule has 3 aromatic carbocycles. The van der Waals surface area contributed by atoms with E-state index in [9.17, 15) is 9.59 Å². The lowest BCUT2D eigenvalue weighted by Gasteiger charge is -2.08. The molecule has 0 atom stereocenters. The Morgan fingerprint density at radius 3 is 2.00 bits per heavy atom. The third kappa shape index (κ3) is 5.21. The molecular formula is C23H19N3O3. The highest BCUT2D eigenvalue weighted by molar-refractivity contribution is 6.05. The van der Waals surface area contributed by atoms with Gasteiger partial charge in [-0.15, -0.1) is 0 Å². The van der Waals surface area contributed by atoms with E-state index in [4.69, 9.17) is 10.00 Å². The Labute approximate surface area is 168 Å². The summed E-state index contributed by atoms with van der Waals surface area (Å²) >= 11 is 0. The van der Waals surface area contributed by atoms with Gasteiger partial charge in [-0.2, -0.15) is 5.26 Å². The molecule has 0 unspecified atom stereocenters. The van der Waals surface area contributed by atoms with Gasteiger partial charge in [0.15, 0.2) is 0 Å². The average Bonchev–Trinajstić information content (AvgIpc) is 2.78. The number of amides is 2. The molecule has 0 aliphatic carbocycles. The largest absolute Gasteiger partial charge is 0.497 e. The standard InChI is InChI=1S/C23H19N3O3/c1-29-21-12-4-17(5-13-21)15-25-22(27)18-6-8-19(9-7-18)23(28)26-20-10-2-16(14-24)3-11-20/h2-13H,15H2,1H3,(H,25,27)(H,26,28). The number of nitriles is 1. The first kappa shape index (κ1) is 19.6. The van der Waals surface area contributed by atoms with Crippen molar-refractivity contribution >= 4 is 17.5 Å². The van der Waals surface area contributed by atoms with Gasteiger partial charge in [0.05, 0.1) is 18.7 Å². The minimum atomic E-state index is -0.292. The summed E-state index contributed by atoms with van der Waals surface area (Å²) in [4.78, 5) is 24.6. The van der Waals surface area contributed by atoms with E-state index >= 15 is 0 Å². The van der Waals surface area contributed by atoms with E-state index in [1.807, 2.05) is 30.3 Å². The van der Waals surface area contributed by atoms with Crippen molar-refractivity contribution in [2.75, 3.05) is 12.4 Å². The molecule has 144 valence electrons. The fraction of sp³-hybridized carbons (Fsp3) is 0.0870. The number of benzene rings is 3. The van der Waals surface area contributed by atoms with Gasteiger partial charge in [-0.25, -0.2) is 0 Å². The van der Waals surface area contributed by atoms with Crippen LogP contribution in [0.2, 0.25) is 0 Å². The Morgan fingerprint density at radius 2 is 1.45 bits per heavy atom. The van der Waals surface area contributed by atoms with Crippen LogP contribution in [0.1, 0.15) is 31.8 Å². The predicted molar refractivity (Wildman–Crippen MR) is 110 cm³/mol. The summed E-state index contributed by atoms with van der Waals surface area (Å²) < 4.78 is 5.11. The average molecular weight is 385 g/mol. The number of ether oxygens (including phenoxy) is 1. The summed E-state index contributed by atoms with van der Waals surface area (Å²) in [5, 5.41) is 14.4. The summed E-state index contributed by atoms with van der Waals surface area (Å²) in [7, 11) is 1.60. The summed E-state index contributed by atoms with van der Waals surface area (Å²) in [5.74, 6) is 0.245. The van der Waals surface area contributed by atoms with Gasteiger partial charge in [-0.05, 0) is 66.2 Å². The zero-order valence-electron chi connectivity index (χ0n) is 15.8. The zero-order chi connectivity index (χ0) is 20.6. The number of nitrogens with one attached hydrogen (secondary N) is 2. The van der Waals surface area contributed by atoms with Gasteiger partial charge in [-0.3, -0.25) is 9.59 Å². The van der Waals surface area contributed by atoms with E-state index in [1.165, 1.54) is 0 Å². The van der Waals surface area contributed by atoms with Crippen molar-refractivity contribution in [3.8, 4) is 11.8 Å². The highest BCUT2D eigenvalue weighted by Gasteiger charge is 2.09. The Morgan fingerprint density at radius 1 is 0.862 bits per heavy atom. The van der Waals surface area contributed by atoms with Crippen LogP contribution in [0, 0.1) is 11.3 Å².